The number of fused-ring (bicyclic) bond motifs is 1. The van der Waals surface area contributed by atoms with Gasteiger partial charge in [-0.2, -0.15) is 5.10 Å². The first-order chi connectivity index (χ1) is 11.6. The summed E-state index contributed by atoms with van der Waals surface area (Å²) < 4.78 is 11.3. The summed E-state index contributed by atoms with van der Waals surface area (Å²) in [4.78, 5) is 15.9. The molecule has 24 heavy (non-hydrogen) atoms. The summed E-state index contributed by atoms with van der Waals surface area (Å²) in [5.74, 6) is 1.15. The van der Waals surface area contributed by atoms with Crippen LogP contribution in [-0.4, -0.2) is 23.4 Å². The predicted molar refractivity (Wildman–Crippen MR) is 94.1 cm³/mol. The van der Waals surface area contributed by atoms with Gasteiger partial charge in [0.1, 0.15) is 0 Å². The Bertz CT molecular complexity index is 834. The number of allylic oxidation sites excluding steroid dienone is 1. The molecular formula is C17H14BrN3O3. The first kappa shape index (κ1) is 16.2. The van der Waals surface area contributed by atoms with E-state index in [9.17, 15) is 4.79 Å². The molecule has 7 heteroatoms. The van der Waals surface area contributed by atoms with Gasteiger partial charge in [0.25, 0.3) is 5.91 Å². The predicted octanol–water partition coefficient (Wildman–Crippen LogP) is 3.39. The number of amides is 1. The molecule has 0 atom stereocenters. The van der Waals surface area contributed by atoms with Crippen molar-refractivity contribution in [2.24, 2.45) is 5.10 Å². The van der Waals surface area contributed by atoms with E-state index in [1.165, 1.54) is 6.20 Å². The number of ether oxygens (including phenoxy) is 2. The Morgan fingerprint density at radius 1 is 1.29 bits per heavy atom. The van der Waals surface area contributed by atoms with Gasteiger partial charge in [0.2, 0.25) is 6.79 Å². The fourth-order valence-corrected chi connectivity index (χ4v) is 2.38. The smallest absolute Gasteiger partial charge is 0.272 e. The van der Waals surface area contributed by atoms with Gasteiger partial charge in [-0.1, -0.05) is 12.1 Å². The number of hydrogen-bond donors (Lipinski definition) is 1. The summed E-state index contributed by atoms with van der Waals surface area (Å²) in [6.45, 7) is 2.04. The molecule has 0 radical (unpaired) electrons. The molecule has 2 heterocycles. The SMILES string of the molecule is CC(/C=C/c1ccc2c(c1)OCO2)=N\NC(=O)c1cncc(Br)c1. The first-order valence-corrected chi connectivity index (χ1v) is 7.94. The number of benzene rings is 1. The zero-order valence-electron chi connectivity index (χ0n) is 12.8. The van der Waals surface area contributed by atoms with E-state index in [4.69, 9.17) is 9.47 Å². The van der Waals surface area contributed by atoms with Crippen LogP contribution in [0.4, 0.5) is 0 Å². The Labute approximate surface area is 147 Å². The van der Waals surface area contributed by atoms with Crippen LogP contribution >= 0.6 is 15.9 Å². The van der Waals surface area contributed by atoms with E-state index in [1.807, 2.05) is 24.3 Å². The van der Waals surface area contributed by atoms with E-state index in [0.29, 0.717) is 11.3 Å². The van der Waals surface area contributed by atoms with Crippen molar-refractivity contribution in [3.63, 3.8) is 0 Å². The zero-order chi connectivity index (χ0) is 16.9. The van der Waals surface area contributed by atoms with Gasteiger partial charge < -0.3 is 9.47 Å². The van der Waals surface area contributed by atoms with Gasteiger partial charge in [0.05, 0.1) is 11.3 Å². The van der Waals surface area contributed by atoms with Crippen LogP contribution < -0.4 is 14.9 Å². The number of aromatic nitrogens is 1. The number of hydrogen-bond acceptors (Lipinski definition) is 5. The van der Waals surface area contributed by atoms with Crippen molar-refractivity contribution < 1.29 is 14.3 Å². The zero-order valence-corrected chi connectivity index (χ0v) is 14.4. The lowest BCUT2D eigenvalue weighted by atomic mass is 10.2. The largest absolute Gasteiger partial charge is 0.454 e. The standard InChI is InChI=1S/C17H14BrN3O3/c1-11(20-21-17(22)13-7-14(18)9-19-8-13)2-3-12-4-5-15-16(6-12)24-10-23-15/h2-9H,10H2,1H3,(H,21,22)/b3-2+,20-11+. The van der Waals surface area contributed by atoms with Crippen molar-refractivity contribution in [3.8, 4) is 11.5 Å². The minimum Gasteiger partial charge on any atom is -0.454 e. The monoisotopic (exact) mass is 387 g/mol. The average molecular weight is 388 g/mol. The lowest BCUT2D eigenvalue weighted by Gasteiger charge is -2.01. The van der Waals surface area contributed by atoms with Crippen molar-refractivity contribution >= 4 is 33.6 Å². The molecular weight excluding hydrogens is 374 g/mol. The Morgan fingerprint density at radius 3 is 2.96 bits per heavy atom. The number of pyridine rings is 1. The molecule has 1 amide bonds. The van der Waals surface area contributed by atoms with Crippen LogP contribution in [0.2, 0.25) is 0 Å². The van der Waals surface area contributed by atoms with Crippen LogP contribution in [0.3, 0.4) is 0 Å². The normalized spacial score (nSPS) is 13.3. The Kier molecular flexibility index (Phi) is 4.90. The number of hydrazone groups is 1. The summed E-state index contributed by atoms with van der Waals surface area (Å²) >= 11 is 3.27. The highest BCUT2D eigenvalue weighted by atomic mass is 79.9. The second-order valence-corrected chi connectivity index (χ2v) is 5.95. The third-order valence-corrected chi connectivity index (χ3v) is 3.65. The fourth-order valence-electron chi connectivity index (χ4n) is 2.01. The molecule has 0 bridgehead atoms. The number of halogens is 1. The molecule has 1 aromatic carbocycles. The Morgan fingerprint density at radius 2 is 2.12 bits per heavy atom. The molecule has 0 aliphatic carbocycles. The first-order valence-electron chi connectivity index (χ1n) is 7.15. The second-order valence-electron chi connectivity index (χ2n) is 5.03. The van der Waals surface area contributed by atoms with E-state index in [0.717, 1.165) is 21.5 Å². The van der Waals surface area contributed by atoms with E-state index >= 15 is 0 Å². The molecule has 3 rings (SSSR count). The summed E-state index contributed by atoms with van der Waals surface area (Å²) in [6.07, 6.45) is 6.78. The molecule has 1 N–H and O–H groups in total. The molecule has 0 spiro atoms. The van der Waals surface area contributed by atoms with Gasteiger partial charge in [-0.05, 0) is 52.7 Å². The highest BCUT2D eigenvalue weighted by molar-refractivity contribution is 9.10. The maximum absolute atomic E-state index is 12.0. The van der Waals surface area contributed by atoms with E-state index < -0.39 is 0 Å². The summed E-state index contributed by atoms with van der Waals surface area (Å²) in [5, 5.41) is 4.05. The van der Waals surface area contributed by atoms with Crippen LogP contribution in [0.15, 0.2) is 52.3 Å². The highest BCUT2D eigenvalue weighted by Gasteiger charge is 2.12. The molecule has 1 aliphatic heterocycles. The van der Waals surface area contributed by atoms with Crippen molar-refractivity contribution in [2.75, 3.05) is 6.79 Å². The van der Waals surface area contributed by atoms with E-state index in [1.54, 1.807) is 25.3 Å². The van der Waals surface area contributed by atoms with Crippen LogP contribution in [0, 0.1) is 0 Å². The van der Waals surface area contributed by atoms with Crippen LogP contribution in [0.25, 0.3) is 6.08 Å². The third-order valence-electron chi connectivity index (χ3n) is 3.21. The van der Waals surface area contributed by atoms with Gasteiger partial charge >= 0.3 is 0 Å². The minimum absolute atomic E-state index is 0.249. The lowest BCUT2D eigenvalue weighted by molar-refractivity contribution is 0.0954. The lowest BCUT2D eigenvalue weighted by Crippen LogP contribution is -2.18. The molecule has 1 aliphatic rings. The maximum Gasteiger partial charge on any atom is 0.272 e. The van der Waals surface area contributed by atoms with Gasteiger partial charge in [-0.15, -0.1) is 0 Å². The Balaban J connectivity index is 1.62. The maximum atomic E-state index is 12.0. The van der Waals surface area contributed by atoms with Gasteiger partial charge in [-0.25, -0.2) is 5.43 Å². The van der Waals surface area contributed by atoms with Crippen LogP contribution in [0.5, 0.6) is 11.5 Å². The van der Waals surface area contributed by atoms with Crippen molar-refractivity contribution in [2.45, 2.75) is 6.92 Å². The number of carbonyl (C=O) groups is 1. The van der Waals surface area contributed by atoms with E-state index in [2.05, 4.69) is 31.4 Å². The molecule has 122 valence electrons. The molecule has 0 saturated heterocycles. The number of nitrogens with zero attached hydrogens (tertiary/aromatic N) is 2. The molecule has 0 saturated carbocycles. The molecule has 6 nitrogen and oxygen atoms in total. The fraction of sp³-hybridized carbons (Fsp3) is 0.118. The average Bonchev–Trinajstić information content (AvgIpc) is 3.05. The van der Waals surface area contributed by atoms with Crippen molar-refractivity contribution in [1.82, 2.24) is 10.4 Å². The van der Waals surface area contributed by atoms with Gasteiger partial charge in [-0.3, -0.25) is 9.78 Å². The third kappa shape index (κ3) is 3.99. The summed E-state index contributed by atoms with van der Waals surface area (Å²) in [6, 6.07) is 7.34. The number of carbonyl (C=O) groups excluding carboxylic acids is 1. The number of nitrogens with one attached hydrogen (secondary N) is 1. The quantitative estimate of drug-likeness (QED) is 0.644. The summed E-state index contributed by atoms with van der Waals surface area (Å²) in [5.41, 5.74) is 4.54. The summed E-state index contributed by atoms with van der Waals surface area (Å²) in [7, 11) is 0. The highest BCUT2D eigenvalue weighted by Crippen LogP contribution is 2.32. The number of rotatable bonds is 4. The minimum atomic E-state index is -0.320. The molecule has 2 aromatic rings. The van der Waals surface area contributed by atoms with Crippen molar-refractivity contribution in [1.29, 1.82) is 0 Å². The van der Waals surface area contributed by atoms with Gasteiger partial charge in [0, 0.05) is 16.9 Å². The Hall–Kier alpha value is -2.67. The van der Waals surface area contributed by atoms with E-state index in [-0.39, 0.29) is 12.7 Å². The van der Waals surface area contributed by atoms with Crippen molar-refractivity contribution in [3.05, 3.63) is 58.3 Å². The molecule has 0 fully saturated rings. The molecule has 0 unspecified atom stereocenters. The topological polar surface area (TPSA) is 72.8 Å². The van der Waals surface area contributed by atoms with Crippen LogP contribution in [0.1, 0.15) is 22.8 Å². The molecule has 1 aromatic heterocycles. The van der Waals surface area contributed by atoms with Crippen LogP contribution in [-0.2, 0) is 0 Å². The van der Waals surface area contributed by atoms with Gasteiger partial charge in [0.15, 0.2) is 11.5 Å². The second kappa shape index (κ2) is 7.27.